The molecular weight excluding hydrogens is 599 g/mol. The third kappa shape index (κ3) is 6.67. The van der Waals surface area contributed by atoms with E-state index in [-0.39, 0.29) is 23.5 Å². The van der Waals surface area contributed by atoms with Gasteiger partial charge in [0.05, 0.1) is 11.8 Å². The van der Waals surface area contributed by atoms with Crippen LogP contribution in [-0.2, 0) is 12.8 Å². The Morgan fingerprint density at radius 1 is 0.619 bits per heavy atom. The fourth-order valence-electron chi connectivity index (χ4n) is 6.68. The molecule has 0 bridgehead atoms. The van der Waals surface area contributed by atoms with Crippen LogP contribution in [0.5, 0.6) is 0 Å². The van der Waals surface area contributed by atoms with Crippen LogP contribution in [-0.4, -0.2) is 0 Å². The van der Waals surface area contributed by atoms with Crippen LogP contribution in [0, 0.1) is 37.3 Å². The molecule has 42 heavy (non-hydrogen) atoms. The van der Waals surface area contributed by atoms with Gasteiger partial charge in [-0.05, 0) is 73.9 Å². The predicted octanol–water partition coefficient (Wildman–Crippen LogP) is 13.0. The van der Waals surface area contributed by atoms with Crippen molar-refractivity contribution in [1.82, 2.24) is 0 Å². The smallest absolute Gasteiger partial charge is 0.137 e. The van der Waals surface area contributed by atoms with E-state index < -0.39 is 0 Å². The molecule has 4 aromatic rings. The maximum atomic E-state index is 15.5. The van der Waals surface area contributed by atoms with Gasteiger partial charge in [-0.15, -0.1) is 45.3 Å². The minimum absolute atomic E-state index is 0.0334. The summed E-state index contributed by atoms with van der Waals surface area (Å²) < 4.78 is 31.0. The van der Waals surface area contributed by atoms with Crippen LogP contribution >= 0.6 is 45.3 Å². The van der Waals surface area contributed by atoms with Gasteiger partial charge in [-0.3, -0.25) is 0 Å². The lowest BCUT2D eigenvalue weighted by Gasteiger charge is -2.28. The van der Waals surface area contributed by atoms with Gasteiger partial charge < -0.3 is 0 Å². The van der Waals surface area contributed by atoms with E-state index >= 15 is 8.78 Å². The number of hydrogen-bond acceptors (Lipinski definition) is 4. The van der Waals surface area contributed by atoms with E-state index in [0.29, 0.717) is 11.8 Å². The summed E-state index contributed by atoms with van der Waals surface area (Å²) in [7, 11) is 0. The van der Waals surface area contributed by atoms with Gasteiger partial charge in [-0.2, -0.15) is 0 Å². The molecule has 0 N–H and O–H groups in total. The summed E-state index contributed by atoms with van der Waals surface area (Å²) in [4.78, 5) is 9.24. The minimum atomic E-state index is -0.0334. The highest BCUT2D eigenvalue weighted by Crippen LogP contribution is 2.56. The number of aryl methyl sites for hydroxylation is 2. The normalized spacial score (nSPS) is 17.8. The minimum Gasteiger partial charge on any atom is -0.206 e. The SMILES string of the molecule is CCCCC(CC)Cc1sc(C2c3cc(C)sc3C(c3cc(F)c(CC(CC)CCCC)s3)c3cc(C)sc32)cc1F. The van der Waals surface area contributed by atoms with Crippen molar-refractivity contribution in [3.05, 3.63) is 86.0 Å². The highest BCUT2D eigenvalue weighted by atomic mass is 32.1. The second-order valence-electron chi connectivity index (χ2n) is 12.3. The Hall–Kier alpha value is -1.34. The molecule has 4 atom stereocenters. The number of unbranched alkanes of at least 4 members (excludes halogenated alkanes) is 2. The quantitative estimate of drug-likeness (QED) is 0.113. The molecule has 1 aliphatic carbocycles. The maximum Gasteiger partial charge on any atom is 0.137 e. The fourth-order valence-corrected chi connectivity index (χ4v) is 11.8. The van der Waals surface area contributed by atoms with Crippen molar-refractivity contribution in [3.63, 3.8) is 0 Å². The van der Waals surface area contributed by atoms with Crippen LogP contribution in [0.1, 0.15) is 141 Å². The molecule has 0 spiro atoms. The van der Waals surface area contributed by atoms with Crippen molar-refractivity contribution in [2.75, 3.05) is 0 Å². The first-order valence-electron chi connectivity index (χ1n) is 16.0. The predicted molar refractivity (Wildman–Crippen MR) is 183 cm³/mol. The van der Waals surface area contributed by atoms with Gasteiger partial charge >= 0.3 is 0 Å². The zero-order chi connectivity index (χ0) is 30.0. The van der Waals surface area contributed by atoms with Crippen molar-refractivity contribution >= 4 is 45.3 Å². The molecule has 0 fully saturated rings. The fraction of sp³-hybridized carbons (Fsp3) is 0.556. The van der Waals surface area contributed by atoms with Crippen molar-refractivity contribution in [2.24, 2.45) is 11.8 Å². The average Bonchev–Trinajstić information content (AvgIpc) is 3.72. The lowest BCUT2D eigenvalue weighted by Crippen LogP contribution is -2.14. The molecule has 4 heterocycles. The molecule has 1 aliphatic rings. The molecule has 0 amide bonds. The number of rotatable bonds is 14. The molecule has 0 nitrogen and oxygen atoms in total. The molecule has 5 rings (SSSR count). The van der Waals surface area contributed by atoms with Gasteiger partial charge in [0.1, 0.15) is 11.6 Å². The lowest BCUT2D eigenvalue weighted by atomic mass is 9.80. The van der Waals surface area contributed by atoms with Gasteiger partial charge in [0.15, 0.2) is 0 Å². The molecule has 0 aliphatic heterocycles. The number of thiophene rings is 4. The van der Waals surface area contributed by atoms with E-state index in [4.69, 9.17) is 0 Å². The van der Waals surface area contributed by atoms with Crippen molar-refractivity contribution in [2.45, 2.75) is 118 Å². The molecule has 0 aromatic carbocycles. The number of halogens is 2. The van der Waals surface area contributed by atoms with Crippen LogP contribution in [0.25, 0.3) is 0 Å². The average molecular weight is 645 g/mol. The van der Waals surface area contributed by atoms with E-state index in [1.165, 1.54) is 69.2 Å². The van der Waals surface area contributed by atoms with E-state index in [1.807, 2.05) is 34.8 Å². The third-order valence-electron chi connectivity index (χ3n) is 9.13. The Morgan fingerprint density at radius 3 is 1.38 bits per heavy atom. The first-order chi connectivity index (χ1) is 20.3. The first-order valence-corrected chi connectivity index (χ1v) is 19.3. The van der Waals surface area contributed by atoms with Crippen LogP contribution in [0.2, 0.25) is 0 Å². The third-order valence-corrected chi connectivity index (χ3v) is 13.8. The van der Waals surface area contributed by atoms with Crippen molar-refractivity contribution < 1.29 is 8.78 Å². The second-order valence-corrected chi connectivity index (χ2v) is 17.2. The maximum absolute atomic E-state index is 15.5. The Labute approximate surface area is 268 Å². The van der Waals surface area contributed by atoms with Crippen LogP contribution in [0.15, 0.2) is 24.3 Å². The van der Waals surface area contributed by atoms with E-state index in [1.54, 1.807) is 22.7 Å². The summed E-state index contributed by atoms with van der Waals surface area (Å²) in [6.07, 6.45) is 11.0. The van der Waals surface area contributed by atoms with Gasteiger partial charge in [0.2, 0.25) is 0 Å². The zero-order valence-electron chi connectivity index (χ0n) is 26.1. The van der Waals surface area contributed by atoms with Crippen LogP contribution in [0.3, 0.4) is 0 Å². The van der Waals surface area contributed by atoms with Crippen molar-refractivity contribution in [1.29, 1.82) is 0 Å². The first kappa shape index (κ1) is 32.1. The largest absolute Gasteiger partial charge is 0.206 e. The summed E-state index contributed by atoms with van der Waals surface area (Å²) in [5.41, 5.74) is 2.60. The highest BCUT2D eigenvalue weighted by Gasteiger charge is 2.39. The van der Waals surface area contributed by atoms with Gasteiger partial charge in [0, 0.05) is 39.0 Å². The summed E-state index contributed by atoms with van der Waals surface area (Å²) >= 11 is 7.06. The number of fused-ring (bicyclic) bond motifs is 2. The summed E-state index contributed by atoms with van der Waals surface area (Å²) in [6, 6.07) is 8.31. The lowest BCUT2D eigenvalue weighted by molar-refractivity contribution is 0.444. The zero-order valence-corrected chi connectivity index (χ0v) is 29.3. The Morgan fingerprint density at radius 2 is 1.02 bits per heavy atom. The van der Waals surface area contributed by atoms with Crippen molar-refractivity contribution in [3.8, 4) is 0 Å². The molecule has 0 radical (unpaired) electrons. The van der Waals surface area contributed by atoms with E-state index in [0.717, 1.165) is 45.2 Å². The van der Waals surface area contributed by atoms with Gasteiger partial charge in [-0.25, -0.2) is 8.78 Å². The molecule has 6 heteroatoms. The van der Waals surface area contributed by atoms with Crippen LogP contribution in [0.4, 0.5) is 8.78 Å². The van der Waals surface area contributed by atoms with Crippen LogP contribution < -0.4 is 0 Å². The Balaban J connectivity index is 1.52. The topological polar surface area (TPSA) is 0 Å². The van der Waals surface area contributed by atoms with E-state index in [2.05, 4.69) is 53.7 Å². The van der Waals surface area contributed by atoms with Gasteiger partial charge in [0.25, 0.3) is 0 Å². The Kier molecular flexibility index (Phi) is 10.8. The summed E-state index contributed by atoms with van der Waals surface area (Å²) in [5, 5.41) is 0. The summed E-state index contributed by atoms with van der Waals surface area (Å²) in [5.74, 6) is 1.13. The molecule has 0 saturated carbocycles. The summed E-state index contributed by atoms with van der Waals surface area (Å²) in [6.45, 7) is 13.3. The Bertz CT molecular complexity index is 1310. The van der Waals surface area contributed by atoms with Gasteiger partial charge in [-0.1, -0.05) is 79.1 Å². The monoisotopic (exact) mass is 644 g/mol. The highest BCUT2D eigenvalue weighted by molar-refractivity contribution is 7.15. The van der Waals surface area contributed by atoms with E-state index in [9.17, 15) is 0 Å². The number of hydrogen-bond donors (Lipinski definition) is 0. The molecule has 4 unspecified atom stereocenters. The standard InChI is InChI=1S/C36H46F2S4/c1-7-11-13-23(9-3)17-29-27(37)19-31(41-29)33-25-15-21(5)40-36(25)34(26-16-22(6)39-35(26)33)32-20-28(38)30(42-32)18-24(10-4)14-12-8-2/h15-16,19-20,23-24,33-34H,7-14,17-18H2,1-6H3. The molecular formula is C36H46F2S4. The molecule has 0 saturated heterocycles. The molecule has 4 aromatic heterocycles. The second kappa shape index (κ2) is 14.2. The molecule has 228 valence electrons.